The predicted molar refractivity (Wildman–Crippen MR) is 125 cm³/mol. The first kappa shape index (κ1) is 20.2. The van der Waals surface area contributed by atoms with E-state index in [0.717, 1.165) is 39.3 Å². The molecule has 1 N–H and O–H groups in total. The fourth-order valence-electron chi connectivity index (χ4n) is 4.63. The summed E-state index contributed by atoms with van der Waals surface area (Å²) in [7, 11) is 1.37. The van der Waals surface area contributed by atoms with Crippen molar-refractivity contribution < 1.29 is 14.3 Å². The van der Waals surface area contributed by atoms with Crippen molar-refractivity contribution in [3.63, 3.8) is 0 Å². The van der Waals surface area contributed by atoms with Crippen LogP contribution in [-0.4, -0.2) is 32.8 Å². The van der Waals surface area contributed by atoms with Crippen LogP contribution in [-0.2, 0) is 4.74 Å². The average molecular weight is 451 g/mol. The number of hydrogen-bond acceptors (Lipinski definition) is 7. The number of nitrogens with zero attached hydrogens (tertiary/aromatic N) is 4. The van der Waals surface area contributed by atoms with Crippen LogP contribution >= 0.6 is 0 Å². The molecule has 0 spiro atoms. The number of aryl methyl sites for hydroxylation is 1. The molecule has 2 aromatic heterocycles. The van der Waals surface area contributed by atoms with E-state index in [1.807, 2.05) is 47.3 Å². The molecule has 34 heavy (non-hydrogen) atoms. The van der Waals surface area contributed by atoms with Crippen molar-refractivity contribution in [2.75, 3.05) is 12.4 Å². The first-order chi connectivity index (χ1) is 16.6. The number of carbonyl (C=O) groups is 1. The van der Waals surface area contributed by atoms with Crippen molar-refractivity contribution in [2.45, 2.75) is 19.1 Å². The molecule has 0 saturated carbocycles. The number of nitrogens with one attached hydrogen (secondary N) is 1. The molecular formula is C26H21N5O3. The zero-order valence-corrected chi connectivity index (χ0v) is 18.6. The molecule has 0 unspecified atom stereocenters. The third kappa shape index (κ3) is 3.14. The molecular weight excluding hydrogens is 430 g/mol. The van der Waals surface area contributed by atoms with Crippen LogP contribution in [0.25, 0.3) is 5.70 Å². The molecule has 168 valence electrons. The van der Waals surface area contributed by atoms with Gasteiger partial charge in [0.25, 0.3) is 0 Å². The smallest absolute Gasteiger partial charge is 0.337 e. The van der Waals surface area contributed by atoms with Gasteiger partial charge in [0.05, 0.1) is 18.4 Å². The lowest BCUT2D eigenvalue weighted by Crippen LogP contribution is -2.32. The lowest BCUT2D eigenvalue weighted by atomic mass is 9.84. The van der Waals surface area contributed by atoms with Crippen molar-refractivity contribution >= 4 is 17.6 Å². The Kier molecular flexibility index (Phi) is 4.65. The zero-order chi connectivity index (χ0) is 23.2. The van der Waals surface area contributed by atoms with Gasteiger partial charge in [-0.05, 0) is 48.4 Å². The van der Waals surface area contributed by atoms with Crippen LogP contribution in [0.3, 0.4) is 0 Å². The molecule has 0 amide bonds. The van der Waals surface area contributed by atoms with Gasteiger partial charge in [0.15, 0.2) is 0 Å². The van der Waals surface area contributed by atoms with Crippen LogP contribution in [0.1, 0.15) is 44.8 Å². The second kappa shape index (κ2) is 7.84. The third-order valence-corrected chi connectivity index (χ3v) is 6.20. The van der Waals surface area contributed by atoms with E-state index in [-0.39, 0.29) is 12.0 Å². The van der Waals surface area contributed by atoms with Crippen LogP contribution in [0, 0.1) is 6.92 Å². The van der Waals surface area contributed by atoms with E-state index < -0.39 is 6.10 Å². The summed E-state index contributed by atoms with van der Waals surface area (Å²) in [5.74, 6) is 1.05. The van der Waals surface area contributed by atoms with Crippen molar-refractivity contribution in [3.8, 4) is 5.75 Å². The summed E-state index contributed by atoms with van der Waals surface area (Å²) in [6.07, 6.45) is 4.71. The Morgan fingerprint density at radius 2 is 1.97 bits per heavy atom. The van der Waals surface area contributed by atoms with Gasteiger partial charge in [-0.3, -0.25) is 4.98 Å². The number of pyridine rings is 1. The lowest BCUT2D eigenvalue weighted by Gasteiger charge is -2.39. The first-order valence-electron chi connectivity index (χ1n) is 10.9. The number of anilines is 1. The van der Waals surface area contributed by atoms with Crippen molar-refractivity contribution in [1.82, 2.24) is 19.7 Å². The number of benzene rings is 2. The average Bonchev–Trinajstić information content (AvgIpc) is 3.35. The molecule has 4 aromatic rings. The van der Waals surface area contributed by atoms with Gasteiger partial charge in [-0.15, -0.1) is 0 Å². The number of aromatic nitrogens is 4. The minimum Gasteiger partial charge on any atom is -0.480 e. The van der Waals surface area contributed by atoms with E-state index in [2.05, 4.69) is 33.4 Å². The van der Waals surface area contributed by atoms with E-state index >= 15 is 0 Å². The van der Waals surface area contributed by atoms with Gasteiger partial charge in [-0.1, -0.05) is 29.8 Å². The minimum atomic E-state index is -0.424. The molecule has 8 nitrogen and oxygen atoms in total. The Morgan fingerprint density at radius 3 is 2.74 bits per heavy atom. The molecule has 0 aliphatic carbocycles. The molecule has 2 aliphatic heterocycles. The largest absolute Gasteiger partial charge is 0.480 e. The summed E-state index contributed by atoms with van der Waals surface area (Å²) < 4.78 is 13.3. The highest BCUT2D eigenvalue weighted by Crippen LogP contribution is 2.50. The van der Waals surface area contributed by atoms with E-state index in [0.29, 0.717) is 11.5 Å². The number of methoxy groups -OCH3 is 1. The van der Waals surface area contributed by atoms with Crippen LogP contribution < -0.4 is 10.1 Å². The van der Waals surface area contributed by atoms with Gasteiger partial charge in [0.1, 0.15) is 24.2 Å². The van der Waals surface area contributed by atoms with E-state index in [9.17, 15) is 4.79 Å². The standard InChI is InChI=1S/C26H21N5O3/c1-15-5-10-20-19(12-15)22-21(24(34-20)16-6-8-17(9-7-16)25(32)33-2)23(18-4-3-11-27-13-18)31-26(30-22)28-14-29-31/h3-14,23-24H,1-2H3,(H,28,29,30)/t23-,24-/m1/s1. The number of hydrogen-bond donors (Lipinski definition) is 1. The van der Waals surface area contributed by atoms with Crippen LogP contribution in [0.4, 0.5) is 5.95 Å². The number of esters is 1. The van der Waals surface area contributed by atoms with Crippen LogP contribution in [0.2, 0.25) is 0 Å². The SMILES string of the molecule is COC(=O)c1ccc([C@H]2Oc3ccc(C)cc3C3=C2[C@@H](c2cccnc2)n2ncnc2N3)cc1. The highest BCUT2D eigenvalue weighted by Gasteiger charge is 2.41. The second-order valence-electron chi connectivity index (χ2n) is 8.28. The van der Waals surface area contributed by atoms with E-state index in [1.54, 1.807) is 24.7 Å². The highest BCUT2D eigenvalue weighted by molar-refractivity contribution is 5.89. The van der Waals surface area contributed by atoms with Crippen molar-refractivity contribution in [2.24, 2.45) is 0 Å². The Balaban J connectivity index is 1.57. The number of fused-ring (bicyclic) bond motifs is 3. The normalized spacial score (nSPS) is 18.2. The molecule has 4 heterocycles. The van der Waals surface area contributed by atoms with Gasteiger partial charge < -0.3 is 14.8 Å². The van der Waals surface area contributed by atoms with Crippen LogP contribution in [0.15, 0.2) is 78.9 Å². The number of rotatable bonds is 3. The fraction of sp³-hybridized carbons (Fsp3) is 0.154. The molecule has 8 heteroatoms. The van der Waals surface area contributed by atoms with Crippen molar-refractivity contribution in [3.05, 3.63) is 107 Å². The fourth-order valence-corrected chi connectivity index (χ4v) is 4.63. The summed E-state index contributed by atoms with van der Waals surface area (Å²) >= 11 is 0. The quantitative estimate of drug-likeness (QED) is 0.464. The van der Waals surface area contributed by atoms with E-state index in [4.69, 9.17) is 9.47 Å². The van der Waals surface area contributed by atoms with Gasteiger partial charge >= 0.3 is 5.97 Å². The molecule has 2 aromatic carbocycles. The molecule has 6 rings (SSSR count). The zero-order valence-electron chi connectivity index (χ0n) is 18.6. The number of carbonyl (C=O) groups excluding carboxylic acids is 1. The first-order valence-corrected chi connectivity index (χ1v) is 10.9. The molecule has 2 atom stereocenters. The summed E-state index contributed by atoms with van der Waals surface area (Å²) in [5, 5.41) is 8.02. The molecule has 2 aliphatic rings. The Labute approximate surface area is 195 Å². The summed E-state index contributed by atoms with van der Waals surface area (Å²) in [6, 6.07) is 17.1. The molecule has 0 bridgehead atoms. The second-order valence-corrected chi connectivity index (χ2v) is 8.28. The Hall–Kier alpha value is -4.46. The maximum absolute atomic E-state index is 12.0. The van der Waals surface area contributed by atoms with Gasteiger partial charge in [-0.25, -0.2) is 9.48 Å². The van der Waals surface area contributed by atoms with Gasteiger partial charge in [-0.2, -0.15) is 10.1 Å². The molecule has 0 saturated heterocycles. The van der Waals surface area contributed by atoms with Gasteiger partial charge in [0.2, 0.25) is 5.95 Å². The van der Waals surface area contributed by atoms with Gasteiger partial charge in [0, 0.05) is 23.5 Å². The maximum Gasteiger partial charge on any atom is 0.337 e. The molecule has 0 fully saturated rings. The van der Waals surface area contributed by atoms with E-state index in [1.165, 1.54) is 7.11 Å². The van der Waals surface area contributed by atoms with Crippen LogP contribution in [0.5, 0.6) is 5.75 Å². The Morgan fingerprint density at radius 1 is 1.12 bits per heavy atom. The predicted octanol–water partition coefficient (Wildman–Crippen LogP) is 4.33. The topological polar surface area (TPSA) is 91.2 Å². The minimum absolute atomic E-state index is 0.276. The van der Waals surface area contributed by atoms with Crippen molar-refractivity contribution in [1.29, 1.82) is 0 Å². The highest BCUT2D eigenvalue weighted by atomic mass is 16.5. The molecule has 0 radical (unpaired) electrons. The Bertz CT molecular complexity index is 1430. The monoisotopic (exact) mass is 451 g/mol. The summed E-state index contributed by atoms with van der Waals surface area (Å²) in [6.45, 7) is 2.06. The third-order valence-electron chi connectivity index (χ3n) is 6.20. The lowest BCUT2D eigenvalue weighted by molar-refractivity contribution is 0.0600. The summed E-state index contributed by atoms with van der Waals surface area (Å²) in [4.78, 5) is 20.8. The maximum atomic E-state index is 12.0. The summed E-state index contributed by atoms with van der Waals surface area (Å²) in [5.41, 5.74) is 6.40. The number of ether oxygens (including phenoxy) is 2.